The molecule has 0 radical (unpaired) electrons. The van der Waals surface area contributed by atoms with Gasteiger partial charge in [-0.25, -0.2) is 0 Å². The second kappa shape index (κ2) is 9.86. The molecule has 1 amide bonds. The van der Waals surface area contributed by atoms with E-state index >= 15 is 0 Å². The molecule has 27 heavy (non-hydrogen) atoms. The Morgan fingerprint density at radius 1 is 0.926 bits per heavy atom. The number of nitrogens with one attached hydrogen (secondary N) is 1. The van der Waals surface area contributed by atoms with Crippen molar-refractivity contribution in [1.82, 2.24) is 5.32 Å². The second-order valence-corrected chi connectivity index (χ2v) is 5.51. The zero-order chi connectivity index (χ0) is 19.6. The van der Waals surface area contributed by atoms with Gasteiger partial charge in [-0.2, -0.15) is 0 Å². The molecule has 0 saturated carbocycles. The molecule has 7 heteroatoms. The molecular formula is C20H21NO6. The number of rotatable bonds is 9. The van der Waals surface area contributed by atoms with Crippen molar-refractivity contribution in [1.29, 1.82) is 0 Å². The van der Waals surface area contributed by atoms with Crippen LogP contribution in [0.1, 0.15) is 11.1 Å². The lowest BCUT2D eigenvalue weighted by Crippen LogP contribution is -2.33. The normalized spacial score (nSPS) is 10.4. The highest BCUT2D eigenvalue weighted by molar-refractivity contribution is 5.82. The van der Waals surface area contributed by atoms with E-state index in [0.717, 1.165) is 16.9 Å². The van der Waals surface area contributed by atoms with E-state index in [2.05, 4.69) is 5.32 Å². The monoisotopic (exact) mass is 371 g/mol. The number of carbonyl (C=O) groups is 2. The Balaban J connectivity index is 2.06. The summed E-state index contributed by atoms with van der Waals surface area (Å²) < 4.78 is 15.8. The number of carbonyl (C=O) groups excluding carboxylic acids is 1. The van der Waals surface area contributed by atoms with Gasteiger partial charge >= 0.3 is 5.97 Å². The van der Waals surface area contributed by atoms with Crippen LogP contribution in [0.3, 0.4) is 0 Å². The topological polar surface area (TPSA) is 94.1 Å². The average Bonchev–Trinajstić information content (AvgIpc) is 2.69. The fraction of sp³-hybridized carbons (Fsp3) is 0.200. The van der Waals surface area contributed by atoms with Crippen LogP contribution in [0.5, 0.6) is 17.2 Å². The highest BCUT2D eigenvalue weighted by Crippen LogP contribution is 2.24. The van der Waals surface area contributed by atoms with Crippen LogP contribution in [0.4, 0.5) is 0 Å². The molecule has 2 aromatic carbocycles. The quantitative estimate of drug-likeness (QED) is 0.658. The first kappa shape index (κ1) is 19.8. The summed E-state index contributed by atoms with van der Waals surface area (Å²) in [7, 11) is 3.15. The number of methoxy groups -OCH3 is 2. The highest BCUT2D eigenvalue weighted by Gasteiger charge is 2.06. The van der Waals surface area contributed by atoms with E-state index in [1.54, 1.807) is 19.2 Å². The van der Waals surface area contributed by atoms with Gasteiger partial charge in [-0.3, -0.25) is 9.59 Å². The van der Waals surface area contributed by atoms with Crippen molar-refractivity contribution < 1.29 is 28.9 Å². The molecule has 7 nitrogen and oxygen atoms in total. The average molecular weight is 371 g/mol. The number of amides is 1. The third-order valence-corrected chi connectivity index (χ3v) is 3.53. The van der Waals surface area contributed by atoms with Gasteiger partial charge in [0.2, 0.25) is 0 Å². The molecule has 0 aliphatic rings. The Morgan fingerprint density at radius 3 is 2.19 bits per heavy atom. The van der Waals surface area contributed by atoms with Crippen LogP contribution in [-0.4, -0.2) is 44.4 Å². The van der Waals surface area contributed by atoms with E-state index in [4.69, 9.17) is 19.3 Å². The molecule has 0 aliphatic carbocycles. The molecule has 0 atom stereocenters. The number of hydrogen-bond acceptors (Lipinski definition) is 5. The van der Waals surface area contributed by atoms with Gasteiger partial charge in [-0.05, 0) is 35.4 Å². The lowest BCUT2D eigenvalue weighted by Gasteiger charge is -2.09. The van der Waals surface area contributed by atoms with Crippen LogP contribution in [-0.2, 0) is 9.59 Å². The van der Waals surface area contributed by atoms with Crippen molar-refractivity contribution in [3.05, 3.63) is 53.6 Å². The van der Waals surface area contributed by atoms with E-state index in [-0.39, 0.29) is 6.61 Å². The highest BCUT2D eigenvalue weighted by atomic mass is 16.5. The summed E-state index contributed by atoms with van der Waals surface area (Å²) in [4.78, 5) is 22.0. The summed E-state index contributed by atoms with van der Waals surface area (Å²) in [5.41, 5.74) is 1.82. The maximum absolute atomic E-state index is 11.6. The van der Waals surface area contributed by atoms with Gasteiger partial charge in [-0.15, -0.1) is 0 Å². The zero-order valence-electron chi connectivity index (χ0n) is 15.1. The molecule has 0 unspecified atom stereocenters. The van der Waals surface area contributed by atoms with Crippen LogP contribution in [0.2, 0.25) is 0 Å². The van der Waals surface area contributed by atoms with Gasteiger partial charge < -0.3 is 24.6 Å². The molecule has 142 valence electrons. The fourth-order valence-electron chi connectivity index (χ4n) is 2.17. The number of aliphatic carboxylic acids is 1. The minimum atomic E-state index is -1.12. The van der Waals surface area contributed by atoms with Gasteiger partial charge in [0.15, 0.2) is 6.61 Å². The largest absolute Gasteiger partial charge is 0.497 e. The minimum Gasteiger partial charge on any atom is -0.497 e. The van der Waals surface area contributed by atoms with Crippen molar-refractivity contribution in [2.24, 2.45) is 0 Å². The van der Waals surface area contributed by atoms with Crippen molar-refractivity contribution in [3.8, 4) is 17.2 Å². The van der Waals surface area contributed by atoms with Crippen molar-refractivity contribution in [2.75, 3.05) is 27.4 Å². The molecule has 2 rings (SSSR count). The molecule has 0 heterocycles. The van der Waals surface area contributed by atoms with Gasteiger partial charge in [0.05, 0.1) is 14.2 Å². The Labute approximate surface area is 157 Å². The first-order valence-corrected chi connectivity index (χ1v) is 8.12. The van der Waals surface area contributed by atoms with Gasteiger partial charge in [0, 0.05) is 6.07 Å². The molecule has 0 spiro atoms. The van der Waals surface area contributed by atoms with Gasteiger partial charge in [0.1, 0.15) is 23.8 Å². The molecule has 0 aliphatic heterocycles. The summed E-state index contributed by atoms with van der Waals surface area (Å²) in [5, 5.41) is 10.8. The van der Waals surface area contributed by atoms with Crippen LogP contribution in [0.25, 0.3) is 12.2 Å². The third-order valence-electron chi connectivity index (χ3n) is 3.53. The summed E-state index contributed by atoms with van der Waals surface area (Å²) in [6.45, 7) is -0.738. The predicted molar refractivity (Wildman–Crippen MR) is 101 cm³/mol. The number of carboxylic acid groups (broad SMARTS) is 1. The number of ether oxygens (including phenoxy) is 3. The number of benzene rings is 2. The fourth-order valence-corrected chi connectivity index (χ4v) is 2.17. The second-order valence-electron chi connectivity index (χ2n) is 5.51. The lowest BCUT2D eigenvalue weighted by molar-refractivity contribution is -0.138. The van der Waals surface area contributed by atoms with Crippen LogP contribution < -0.4 is 19.5 Å². The summed E-state index contributed by atoms with van der Waals surface area (Å²) in [5.74, 6) is 0.165. The van der Waals surface area contributed by atoms with Crippen LogP contribution in [0, 0.1) is 0 Å². The maximum atomic E-state index is 11.6. The molecular weight excluding hydrogens is 350 g/mol. The predicted octanol–water partition coefficient (Wildman–Crippen LogP) is 2.45. The first-order chi connectivity index (χ1) is 13.0. The van der Waals surface area contributed by atoms with E-state index in [9.17, 15) is 9.59 Å². The molecule has 0 bridgehead atoms. The van der Waals surface area contributed by atoms with Crippen LogP contribution in [0.15, 0.2) is 42.5 Å². The molecule has 0 saturated heterocycles. The van der Waals surface area contributed by atoms with E-state index in [1.807, 2.05) is 42.5 Å². The van der Waals surface area contributed by atoms with Crippen LogP contribution >= 0.6 is 0 Å². The molecule has 0 aromatic heterocycles. The standard InChI is InChI=1S/C20H21NO6/c1-25-16-7-5-14(6-8-16)3-4-15-9-17(26-2)11-18(10-15)27-13-19(22)21-12-20(23)24/h3-11H,12-13H2,1-2H3,(H,21,22)(H,23,24)/b4-3+. The molecule has 2 N–H and O–H groups in total. The number of hydrogen-bond donors (Lipinski definition) is 2. The van der Waals surface area contributed by atoms with Gasteiger partial charge in [-0.1, -0.05) is 24.3 Å². The zero-order valence-corrected chi connectivity index (χ0v) is 15.1. The molecule has 0 fully saturated rings. The smallest absolute Gasteiger partial charge is 0.322 e. The van der Waals surface area contributed by atoms with E-state index in [1.165, 1.54) is 7.11 Å². The van der Waals surface area contributed by atoms with E-state index < -0.39 is 18.4 Å². The Morgan fingerprint density at radius 2 is 1.56 bits per heavy atom. The van der Waals surface area contributed by atoms with E-state index in [0.29, 0.717) is 11.5 Å². The Kier molecular flexibility index (Phi) is 7.25. The minimum absolute atomic E-state index is 0.290. The van der Waals surface area contributed by atoms with Gasteiger partial charge in [0.25, 0.3) is 5.91 Å². The van der Waals surface area contributed by atoms with Crippen molar-refractivity contribution >= 4 is 24.0 Å². The first-order valence-electron chi connectivity index (χ1n) is 8.12. The Hall–Kier alpha value is -3.48. The Bertz CT molecular complexity index is 814. The summed E-state index contributed by atoms with van der Waals surface area (Å²) in [6.07, 6.45) is 3.82. The summed E-state index contributed by atoms with van der Waals surface area (Å²) in [6, 6.07) is 12.8. The SMILES string of the molecule is COc1ccc(/C=C/c2cc(OC)cc(OCC(=O)NCC(=O)O)c2)cc1. The lowest BCUT2D eigenvalue weighted by atomic mass is 10.1. The third kappa shape index (κ3) is 6.74. The maximum Gasteiger partial charge on any atom is 0.322 e. The molecule has 2 aromatic rings. The summed E-state index contributed by atoms with van der Waals surface area (Å²) >= 11 is 0. The van der Waals surface area contributed by atoms with Crippen molar-refractivity contribution in [3.63, 3.8) is 0 Å². The number of carboxylic acids is 1. The van der Waals surface area contributed by atoms with Crippen molar-refractivity contribution in [2.45, 2.75) is 0 Å².